The Morgan fingerprint density at radius 1 is 0.375 bits per heavy atom. The average Bonchev–Trinajstić information content (AvgIpc) is 3.04. The van der Waals surface area contributed by atoms with Gasteiger partial charge in [0.15, 0.2) is 0 Å². The molecule has 12 N–H and O–H groups in total. The van der Waals surface area contributed by atoms with E-state index in [1.54, 1.807) is 0 Å². The highest BCUT2D eigenvalue weighted by Crippen LogP contribution is 2.08. The van der Waals surface area contributed by atoms with Crippen LogP contribution < -0.4 is 22.9 Å². The number of hydrogen-bond acceptors (Lipinski definition) is 8. The molecule has 0 radical (unpaired) electrons. The molecule has 0 spiro atoms. The van der Waals surface area contributed by atoms with E-state index in [1.807, 2.05) is 24.3 Å². The van der Waals surface area contributed by atoms with Crippen molar-refractivity contribution < 1.29 is 39.6 Å². The lowest BCUT2D eigenvalue weighted by molar-refractivity contribution is -0.139. The molecule has 0 rings (SSSR count). The fourth-order valence-electron chi connectivity index (χ4n) is 3.81. The first-order chi connectivity index (χ1) is 22.7. The molecule has 0 bridgehead atoms. The first-order valence-corrected chi connectivity index (χ1v) is 17.1. The van der Waals surface area contributed by atoms with Gasteiger partial charge in [-0.05, 0) is 77.0 Å². The highest BCUT2D eigenvalue weighted by atomic mass is 16.4. The maximum atomic E-state index is 10.3. The van der Waals surface area contributed by atoms with Crippen LogP contribution in [0, 0.1) is 0 Å². The van der Waals surface area contributed by atoms with E-state index in [9.17, 15) is 19.2 Å². The Morgan fingerprint density at radius 2 is 0.542 bits per heavy atom. The molecule has 0 saturated heterocycles. The van der Waals surface area contributed by atoms with Gasteiger partial charge in [-0.3, -0.25) is 19.2 Å². The summed E-state index contributed by atoms with van der Waals surface area (Å²) in [5.41, 5.74) is 21.2. The summed E-state index contributed by atoms with van der Waals surface area (Å²) in [7, 11) is 0. The summed E-state index contributed by atoms with van der Waals surface area (Å²) >= 11 is 0. The Labute approximate surface area is 289 Å². The zero-order valence-corrected chi connectivity index (χ0v) is 29.3. The third-order valence-corrected chi connectivity index (χ3v) is 6.96. The van der Waals surface area contributed by atoms with Crippen LogP contribution in [-0.4, -0.2) is 68.5 Å². The fraction of sp³-hybridized carbons (Fsp3) is 0.667. The quantitative estimate of drug-likeness (QED) is 0.0342. The van der Waals surface area contributed by atoms with Gasteiger partial charge in [-0.15, -0.1) is 26.3 Å². The topological polar surface area (TPSA) is 253 Å². The van der Waals surface area contributed by atoms with E-state index in [1.165, 1.54) is 0 Å². The van der Waals surface area contributed by atoms with Crippen LogP contribution in [0.2, 0.25) is 0 Å². The van der Waals surface area contributed by atoms with E-state index in [0.717, 1.165) is 103 Å². The summed E-state index contributed by atoms with van der Waals surface area (Å²) in [4.78, 5) is 41.1. The maximum Gasteiger partial charge on any atom is 0.320 e. The Bertz CT molecular complexity index is 820. The van der Waals surface area contributed by atoms with E-state index in [0.29, 0.717) is 25.7 Å². The van der Waals surface area contributed by atoms with Crippen LogP contribution in [0.1, 0.15) is 128 Å². The van der Waals surface area contributed by atoms with Gasteiger partial charge in [0.1, 0.15) is 24.2 Å². The second-order valence-electron chi connectivity index (χ2n) is 11.5. The molecule has 0 aliphatic carbocycles. The van der Waals surface area contributed by atoms with Crippen LogP contribution in [0.25, 0.3) is 0 Å². The third-order valence-electron chi connectivity index (χ3n) is 6.96. The second kappa shape index (κ2) is 39.9. The summed E-state index contributed by atoms with van der Waals surface area (Å²) in [6.45, 7) is 14.4. The van der Waals surface area contributed by atoms with E-state index >= 15 is 0 Å². The molecule has 12 heteroatoms. The number of aliphatic carboxylic acids is 4. The van der Waals surface area contributed by atoms with Crippen molar-refractivity contribution in [3.05, 3.63) is 50.6 Å². The number of hydrogen-bond donors (Lipinski definition) is 8. The van der Waals surface area contributed by atoms with Crippen molar-refractivity contribution >= 4 is 23.9 Å². The van der Waals surface area contributed by atoms with Crippen molar-refractivity contribution in [3.8, 4) is 0 Å². The van der Waals surface area contributed by atoms with Crippen molar-refractivity contribution in [3.63, 3.8) is 0 Å². The van der Waals surface area contributed by atoms with Crippen LogP contribution in [0.5, 0.6) is 0 Å². The summed E-state index contributed by atoms with van der Waals surface area (Å²) in [6.07, 6.45) is 25.9. The minimum absolute atomic E-state index is 0.559. The molecule has 0 amide bonds. The molecular weight excluding hydrogens is 616 g/mol. The van der Waals surface area contributed by atoms with Crippen LogP contribution in [-0.2, 0) is 19.2 Å². The number of nitrogens with two attached hydrogens (primary N) is 4. The Morgan fingerprint density at radius 3 is 0.750 bits per heavy atom. The van der Waals surface area contributed by atoms with Crippen molar-refractivity contribution in [2.45, 2.75) is 153 Å². The van der Waals surface area contributed by atoms with Gasteiger partial charge in [-0.25, -0.2) is 0 Å². The molecule has 4 atom stereocenters. The first kappa shape index (κ1) is 51.5. The summed E-state index contributed by atoms with van der Waals surface area (Å²) < 4.78 is 0. The molecule has 0 aromatic carbocycles. The van der Waals surface area contributed by atoms with Crippen LogP contribution in [0.3, 0.4) is 0 Å². The predicted molar refractivity (Wildman–Crippen MR) is 196 cm³/mol. The number of carbonyl (C=O) groups is 4. The van der Waals surface area contributed by atoms with Gasteiger partial charge in [0.2, 0.25) is 0 Å². The van der Waals surface area contributed by atoms with Crippen LogP contribution >= 0.6 is 0 Å². The van der Waals surface area contributed by atoms with Gasteiger partial charge >= 0.3 is 23.9 Å². The zero-order valence-electron chi connectivity index (χ0n) is 29.3. The van der Waals surface area contributed by atoms with Gasteiger partial charge < -0.3 is 43.4 Å². The standard InChI is InChI=1S/C10H19NO2.2C9H17NO2.C8H15NO2/c1-2-3-4-5-6-7-8-9(11)10(12)13;2*1-2-3-4-5-6-7-8(10)9(11)12;1-2-3-4-5-6-7(9)8(10)11/h2,9H,1,3-8,11H2,(H,12,13);2*2,8H,1,3-7,10H2,(H,11,12);2,7H,1,3-6,9H2,(H,10,11)/t9-;2*8-;7-/m0101/s1. The molecule has 280 valence electrons. The molecule has 0 aromatic heterocycles. The second-order valence-corrected chi connectivity index (χ2v) is 11.5. The van der Waals surface area contributed by atoms with Crippen molar-refractivity contribution in [2.75, 3.05) is 0 Å². The molecule has 0 heterocycles. The number of carboxylic acid groups (broad SMARTS) is 4. The van der Waals surface area contributed by atoms with Crippen LogP contribution in [0.15, 0.2) is 50.6 Å². The van der Waals surface area contributed by atoms with Crippen molar-refractivity contribution in [2.24, 2.45) is 22.9 Å². The smallest absolute Gasteiger partial charge is 0.320 e. The minimum atomic E-state index is -0.913. The van der Waals surface area contributed by atoms with Crippen molar-refractivity contribution in [1.29, 1.82) is 0 Å². The molecule has 0 aromatic rings. The zero-order chi connectivity index (χ0) is 37.6. The molecule has 12 nitrogen and oxygen atoms in total. The lowest BCUT2D eigenvalue weighted by Crippen LogP contribution is -2.29. The van der Waals surface area contributed by atoms with Gasteiger partial charge in [0.05, 0.1) is 0 Å². The lowest BCUT2D eigenvalue weighted by Gasteiger charge is -2.04. The first-order valence-electron chi connectivity index (χ1n) is 17.1. The Balaban J connectivity index is -0.000000269. The van der Waals surface area contributed by atoms with E-state index in [4.69, 9.17) is 43.4 Å². The maximum absolute atomic E-state index is 10.3. The lowest BCUT2D eigenvalue weighted by atomic mass is 10.1. The van der Waals surface area contributed by atoms with E-state index in [-0.39, 0.29) is 0 Å². The molecule has 0 unspecified atom stereocenters. The molecule has 0 saturated carbocycles. The van der Waals surface area contributed by atoms with Gasteiger partial charge in [-0.1, -0.05) is 75.7 Å². The van der Waals surface area contributed by atoms with Crippen molar-refractivity contribution in [1.82, 2.24) is 0 Å². The average molecular weight is 685 g/mol. The number of carboxylic acids is 4. The number of allylic oxidation sites excluding steroid dienone is 4. The molecule has 0 aliphatic rings. The Hall–Kier alpha value is -3.32. The summed E-state index contributed by atoms with van der Waals surface area (Å²) in [6, 6.07) is -2.75. The minimum Gasteiger partial charge on any atom is -0.480 e. The highest BCUT2D eigenvalue weighted by molar-refractivity contribution is 5.73. The highest BCUT2D eigenvalue weighted by Gasteiger charge is 2.11. The van der Waals surface area contributed by atoms with Gasteiger partial charge in [-0.2, -0.15) is 0 Å². The summed E-state index contributed by atoms with van der Waals surface area (Å²) in [5, 5.41) is 33.8. The monoisotopic (exact) mass is 685 g/mol. The molecular formula is C36H68N4O8. The predicted octanol–water partition coefficient (Wildman–Crippen LogP) is 6.14. The van der Waals surface area contributed by atoms with Gasteiger partial charge in [0, 0.05) is 0 Å². The van der Waals surface area contributed by atoms with E-state index < -0.39 is 48.0 Å². The largest absolute Gasteiger partial charge is 0.480 e. The third kappa shape index (κ3) is 44.8. The Kier molecular flexibility index (Phi) is 42.8. The number of rotatable bonds is 28. The summed E-state index contributed by atoms with van der Waals surface area (Å²) in [5.74, 6) is -3.62. The number of unbranched alkanes of at least 4 members (excludes halogenated alkanes) is 12. The van der Waals surface area contributed by atoms with E-state index in [2.05, 4.69) is 26.3 Å². The fourth-order valence-corrected chi connectivity index (χ4v) is 3.81. The van der Waals surface area contributed by atoms with Gasteiger partial charge in [0.25, 0.3) is 0 Å². The molecule has 48 heavy (non-hydrogen) atoms. The van der Waals surface area contributed by atoms with Crippen LogP contribution in [0.4, 0.5) is 0 Å². The normalized spacial score (nSPS) is 12.4. The molecule has 0 aliphatic heterocycles. The molecule has 0 fully saturated rings. The SMILES string of the molecule is C=CCCCCCC[C@H](N)C(=O)O.C=CCCCCC[C@@H](N)C(=O)O.C=CCCCCC[C@H](N)C(=O)O.C=CCCCC[C@@H](N)C(=O)O.